The molecular weight excluding hydrogens is 813 g/mol. The summed E-state index contributed by atoms with van der Waals surface area (Å²) in [6, 6.07) is 72.1. The minimum absolute atomic E-state index is 0.215. The van der Waals surface area contributed by atoms with Gasteiger partial charge in [-0.2, -0.15) is 0 Å². The van der Waals surface area contributed by atoms with Gasteiger partial charge in [-0.25, -0.2) is 0 Å². The number of amidine groups is 2. The monoisotopic (exact) mass is 868 g/mol. The Balaban J connectivity index is 0.957. The summed E-state index contributed by atoms with van der Waals surface area (Å²) >= 11 is 0. The lowest BCUT2D eigenvalue weighted by Crippen LogP contribution is -2.53. The Morgan fingerprint density at radius 2 is 0.612 bits per heavy atom. The van der Waals surface area contributed by atoms with Crippen molar-refractivity contribution in [3.63, 3.8) is 0 Å². The number of anilines is 2. The van der Waals surface area contributed by atoms with Crippen LogP contribution in [0.25, 0.3) is 44.5 Å². The molecule has 328 valence electrons. The molecule has 2 heterocycles. The second-order valence-corrected chi connectivity index (χ2v) is 21.0. The van der Waals surface area contributed by atoms with Crippen molar-refractivity contribution in [1.29, 1.82) is 0 Å². The molecule has 2 aliphatic carbocycles. The molecule has 0 N–H and O–H groups in total. The Kier molecular flexibility index (Phi) is 8.81. The van der Waals surface area contributed by atoms with Crippen molar-refractivity contribution < 1.29 is 0 Å². The van der Waals surface area contributed by atoms with Crippen LogP contribution >= 0.6 is 0 Å². The van der Waals surface area contributed by atoms with Crippen LogP contribution in [0, 0.1) is 0 Å². The van der Waals surface area contributed by atoms with Gasteiger partial charge < -0.3 is 9.80 Å². The number of nitrogens with zero attached hydrogens (tertiary/aromatic N) is 4. The number of aliphatic imine (C=N–C) groups is 2. The Labute approximate surface area is 396 Å². The molecule has 12 rings (SSSR count). The van der Waals surface area contributed by atoms with Crippen LogP contribution in [0.4, 0.5) is 11.4 Å². The van der Waals surface area contributed by atoms with Crippen molar-refractivity contribution >= 4 is 23.0 Å². The second kappa shape index (κ2) is 14.3. The standard InChI is InChI=1S/C63H56N4/c1-59(2)61(5,6)66(47-19-11-9-12-20-47)57(64-59)43-31-27-41(28-32-43)45-35-37-51-52-38-36-46(40-56(52)63(55(51)39-45)53-25-17-15-23-49(53)50-24-16-18-26-54(50)63)42-29-33-44(34-30-42)58-65-60(3,4)62(7,8)67(58)48-21-13-10-14-22-48/h9-40H,1-8H3. The molecule has 8 aromatic rings. The maximum absolute atomic E-state index is 5.38. The van der Waals surface area contributed by atoms with E-state index in [4.69, 9.17) is 9.98 Å². The lowest BCUT2D eigenvalue weighted by atomic mass is 9.70. The van der Waals surface area contributed by atoms with Crippen LogP contribution in [0.2, 0.25) is 0 Å². The number of benzene rings is 8. The summed E-state index contributed by atoms with van der Waals surface area (Å²) in [6.45, 7) is 18.2. The highest BCUT2D eigenvalue weighted by atomic mass is 15.3. The normalized spacial score (nSPS) is 18.3. The molecule has 0 amide bonds. The average Bonchev–Trinajstić information content (AvgIpc) is 3.94. The van der Waals surface area contributed by atoms with Crippen molar-refractivity contribution in [2.75, 3.05) is 9.80 Å². The van der Waals surface area contributed by atoms with Crippen LogP contribution in [-0.4, -0.2) is 33.8 Å². The van der Waals surface area contributed by atoms with Crippen LogP contribution in [0.5, 0.6) is 0 Å². The van der Waals surface area contributed by atoms with E-state index < -0.39 is 5.41 Å². The van der Waals surface area contributed by atoms with Gasteiger partial charge in [0.1, 0.15) is 11.7 Å². The molecule has 67 heavy (non-hydrogen) atoms. The summed E-state index contributed by atoms with van der Waals surface area (Å²) in [5.74, 6) is 2.02. The van der Waals surface area contributed by atoms with E-state index in [0.29, 0.717) is 0 Å². The molecule has 0 fully saturated rings. The van der Waals surface area contributed by atoms with Gasteiger partial charge in [0.05, 0.1) is 27.6 Å². The van der Waals surface area contributed by atoms with Crippen molar-refractivity contribution in [2.24, 2.45) is 9.98 Å². The van der Waals surface area contributed by atoms with E-state index in [2.05, 4.69) is 259 Å². The Morgan fingerprint density at radius 3 is 1.00 bits per heavy atom. The average molecular weight is 869 g/mol. The fourth-order valence-electron chi connectivity index (χ4n) is 11.5. The van der Waals surface area contributed by atoms with E-state index in [1.54, 1.807) is 0 Å². The number of para-hydroxylation sites is 2. The van der Waals surface area contributed by atoms with Gasteiger partial charge in [-0.15, -0.1) is 0 Å². The van der Waals surface area contributed by atoms with Crippen LogP contribution in [0.1, 0.15) is 88.8 Å². The summed E-state index contributed by atoms with van der Waals surface area (Å²) in [4.78, 5) is 15.6. The Bertz CT molecular complexity index is 3110. The minimum atomic E-state index is -0.485. The van der Waals surface area contributed by atoms with Crippen molar-refractivity contribution in [1.82, 2.24) is 0 Å². The van der Waals surface area contributed by atoms with Gasteiger partial charge in [0.25, 0.3) is 0 Å². The lowest BCUT2D eigenvalue weighted by Gasteiger charge is -2.41. The highest BCUT2D eigenvalue weighted by Gasteiger charge is 2.53. The van der Waals surface area contributed by atoms with E-state index in [0.717, 1.165) is 34.2 Å². The van der Waals surface area contributed by atoms with Crippen molar-refractivity contribution in [2.45, 2.75) is 83.0 Å². The maximum atomic E-state index is 5.38. The van der Waals surface area contributed by atoms with Crippen LogP contribution in [-0.2, 0) is 5.41 Å². The van der Waals surface area contributed by atoms with Crippen LogP contribution in [0.3, 0.4) is 0 Å². The first-order valence-electron chi connectivity index (χ1n) is 23.8. The molecule has 0 atom stereocenters. The first kappa shape index (κ1) is 41.2. The first-order chi connectivity index (χ1) is 32.2. The number of rotatable bonds is 6. The third-order valence-corrected chi connectivity index (χ3v) is 16.4. The van der Waals surface area contributed by atoms with Gasteiger partial charge >= 0.3 is 0 Å². The zero-order chi connectivity index (χ0) is 46.1. The third kappa shape index (κ3) is 5.78. The molecule has 0 unspecified atom stereocenters. The van der Waals surface area contributed by atoms with E-state index in [9.17, 15) is 0 Å². The van der Waals surface area contributed by atoms with Gasteiger partial charge in [-0.1, -0.05) is 158 Å². The summed E-state index contributed by atoms with van der Waals surface area (Å²) < 4.78 is 0. The van der Waals surface area contributed by atoms with Crippen molar-refractivity contribution in [3.8, 4) is 44.5 Å². The van der Waals surface area contributed by atoms with Gasteiger partial charge in [-0.3, -0.25) is 9.98 Å². The Morgan fingerprint density at radius 1 is 0.299 bits per heavy atom. The molecule has 0 aromatic heterocycles. The zero-order valence-electron chi connectivity index (χ0n) is 39.8. The molecule has 4 aliphatic rings. The molecule has 0 saturated heterocycles. The molecule has 4 heteroatoms. The second-order valence-electron chi connectivity index (χ2n) is 21.0. The number of hydrogen-bond donors (Lipinski definition) is 0. The molecule has 2 aliphatic heterocycles. The smallest absolute Gasteiger partial charge is 0.136 e. The summed E-state index contributed by atoms with van der Waals surface area (Å²) in [5, 5.41) is 0. The predicted octanol–water partition coefficient (Wildman–Crippen LogP) is 15.0. The molecule has 0 saturated carbocycles. The quantitative estimate of drug-likeness (QED) is 0.167. The zero-order valence-corrected chi connectivity index (χ0v) is 39.8. The molecule has 4 nitrogen and oxygen atoms in total. The van der Waals surface area contributed by atoms with Gasteiger partial charge in [0.15, 0.2) is 0 Å². The SMILES string of the molecule is CC1(C)N=C(c2ccc(-c3ccc4c(c3)C3(c5ccccc5-c5ccccc53)c3cc(-c5ccc(C6=NC(C)(C)C(C)(C)N6c6ccccc6)cc5)ccc3-4)cc2)N(c2ccccc2)C1(C)C. The summed E-state index contributed by atoms with van der Waals surface area (Å²) in [6.07, 6.45) is 0. The third-order valence-electron chi connectivity index (χ3n) is 16.4. The first-order valence-corrected chi connectivity index (χ1v) is 23.8. The maximum Gasteiger partial charge on any atom is 0.136 e. The fraction of sp³-hybridized carbons (Fsp3) is 0.206. The lowest BCUT2D eigenvalue weighted by molar-refractivity contribution is 0.338. The molecular formula is C63H56N4. The number of hydrogen-bond acceptors (Lipinski definition) is 4. The van der Waals surface area contributed by atoms with E-state index in [-0.39, 0.29) is 22.2 Å². The van der Waals surface area contributed by atoms with Gasteiger partial charge in [0.2, 0.25) is 0 Å². The summed E-state index contributed by atoms with van der Waals surface area (Å²) in [7, 11) is 0. The van der Waals surface area contributed by atoms with E-state index >= 15 is 0 Å². The number of fused-ring (bicyclic) bond motifs is 10. The minimum Gasteiger partial charge on any atom is -0.318 e. The molecule has 0 radical (unpaired) electrons. The highest BCUT2D eigenvalue weighted by molar-refractivity contribution is 6.14. The van der Waals surface area contributed by atoms with E-state index in [1.807, 2.05) is 0 Å². The molecule has 8 aromatic carbocycles. The Hall–Kier alpha value is -7.30. The van der Waals surface area contributed by atoms with Crippen molar-refractivity contribution in [3.05, 3.63) is 228 Å². The highest BCUT2D eigenvalue weighted by Crippen LogP contribution is 2.63. The van der Waals surface area contributed by atoms with Gasteiger partial charge in [0, 0.05) is 22.5 Å². The van der Waals surface area contributed by atoms with Crippen LogP contribution in [0.15, 0.2) is 204 Å². The van der Waals surface area contributed by atoms with Gasteiger partial charge in [-0.05, 0) is 159 Å². The predicted molar refractivity (Wildman–Crippen MR) is 281 cm³/mol. The molecule has 0 bridgehead atoms. The fourth-order valence-corrected chi connectivity index (χ4v) is 11.5. The topological polar surface area (TPSA) is 31.2 Å². The van der Waals surface area contributed by atoms with E-state index in [1.165, 1.54) is 66.8 Å². The summed E-state index contributed by atoms with van der Waals surface area (Å²) in [5.41, 5.74) is 18.4. The largest absolute Gasteiger partial charge is 0.318 e. The molecule has 1 spiro atoms. The van der Waals surface area contributed by atoms with Crippen LogP contribution < -0.4 is 9.80 Å².